The van der Waals surface area contributed by atoms with Crippen LogP contribution in [0.25, 0.3) is 0 Å². The smallest absolute Gasteiger partial charge is 0.244 e. The van der Waals surface area contributed by atoms with Crippen LogP contribution in [-0.2, 0) is 16.1 Å². The zero-order valence-electron chi connectivity index (χ0n) is 16.4. The number of halogens is 1. The summed E-state index contributed by atoms with van der Waals surface area (Å²) in [4.78, 5) is 35.0. The minimum absolute atomic E-state index is 0.0534. The molecule has 0 spiro atoms. The van der Waals surface area contributed by atoms with Gasteiger partial charge >= 0.3 is 0 Å². The molecule has 0 bridgehead atoms. The van der Waals surface area contributed by atoms with E-state index < -0.39 is 0 Å². The van der Waals surface area contributed by atoms with Crippen LogP contribution in [0.4, 0.5) is 0 Å². The Kier molecular flexibility index (Phi) is 7.14. The summed E-state index contributed by atoms with van der Waals surface area (Å²) >= 11 is 5.93. The van der Waals surface area contributed by atoms with Gasteiger partial charge in [-0.25, -0.2) is 4.99 Å². The molecule has 2 aliphatic rings. The van der Waals surface area contributed by atoms with Gasteiger partial charge in [0.05, 0.1) is 6.54 Å². The Morgan fingerprint density at radius 1 is 1.11 bits per heavy atom. The molecule has 1 aromatic rings. The number of nitrogens with zero attached hydrogens (tertiary/aromatic N) is 4. The fourth-order valence-electron chi connectivity index (χ4n) is 3.50. The first kappa shape index (κ1) is 20.5. The van der Waals surface area contributed by atoms with Crippen LogP contribution in [0.1, 0.15) is 25.3 Å². The van der Waals surface area contributed by atoms with Crippen molar-refractivity contribution in [1.29, 1.82) is 0 Å². The number of carbonyl (C=O) groups is 2. The lowest BCUT2D eigenvalue weighted by molar-refractivity contribution is -0.135. The van der Waals surface area contributed by atoms with Crippen molar-refractivity contribution in [2.45, 2.75) is 26.3 Å². The van der Waals surface area contributed by atoms with Crippen molar-refractivity contribution in [3.8, 4) is 0 Å². The molecule has 1 aromatic carbocycles. The molecule has 2 amide bonds. The molecule has 0 aliphatic carbocycles. The Bertz CT molecular complexity index is 716. The van der Waals surface area contributed by atoms with Crippen LogP contribution < -0.4 is 5.32 Å². The van der Waals surface area contributed by atoms with Gasteiger partial charge in [0.15, 0.2) is 5.96 Å². The van der Waals surface area contributed by atoms with E-state index in [-0.39, 0.29) is 24.9 Å². The summed E-state index contributed by atoms with van der Waals surface area (Å²) in [6.45, 7) is 6.59. The van der Waals surface area contributed by atoms with Crippen molar-refractivity contribution < 1.29 is 9.59 Å². The Balaban J connectivity index is 1.57. The lowest BCUT2D eigenvalue weighted by Gasteiger charge is -2.36. The highest BCUT2D eigenvalue weighted by Crippen LogP contribution is 2.14. The number of piperazine rings is 1. The molecule has 2 saturated heterocycles. The van der Waals surface area contributed by atoms with Crippen LogP contribution in [0.3, 0.4) is 0 Å². The zero-order valence-corrected chi connectivity index (χ0v) is 17.1. The maximum atomic E-state index is 12.6. The van der Waals surface area contributed by atoms with E-state index in [9.17, 15) is 9.59 Å². The lowest BCUT2D eigenvalue weighted by atomic mass is 10.2. The number of nitrogens with one attached hydrogen (secondary N) is 1. The largest absolute Gasteiger partial charge is 0.356 e. The van der Waals surface area contributed by atoms with E-state index in [1.54, 1.807) is 0 Å². The van der Waals surface area contributed by atoms with E-state index >= 15 is 0 Å². The second-order valence-corrected chi connectivity index (χ2v) is 7.56. The Labute approximate surface area is 171 Å². The topological polar surface area (TPSA) is 68.2 Å². The molecular formula is C20H28ClN5O2. The number of aliphatic imine (C=N–C) groups is 1. The number of hydrogen-bond acceptors (Lipinski definition) is 3. The SMILES string of the molecule is CCNC(=NCC(=O)N1CCCC1)N1CCN(Cc2ccc(Cl)cc2)C(=O)C1. The highest BCUT2D eigenvalue weighted by atomic mass is 35.5. The molecule has 28 heavy (non-hydrogen) atoms. The van der Waals surface area contributed by atoms with Gasteiger partial charge in [-0.1, -0.05) is 23.7 Å². The van der Waals surface area contributed by atoms with Gasteiger partial charge in [0, 0.05) is 44.3 Å². The Morgan fingerprint density at radius 3 is 2.46 bits per heavy atom. The third-order valence-corrected chi connectivity index (χ3v) is 5.31. The molecule has 2 aliphatic heterocycles. The summed E-state index contributed by atoms with van der Waals surface area (Å²) in [7, 11) is 0. The summed E-state index contributed by atoms with van der Waals surface area (Å²) in [5, 5.41) is 3.90. The molecule has 1 N–H and O–H groups in total. The van der Waals surface area contributed by atoms with Crippen molar-refractivity contribution in [2.24, 2.45) is 4.99 Å². The molecule has 0 radical (unpaired) electrons. The van der Waals surface area contributed by atoms with Crippen LogP contribution in [-0.4, -0.2) is 78.3 Å². The molecule has 2 heterocycles. The number of benzene rings is 1. The molecule has 2 fully saturated rings. The summed E-state index contributed by atoms with van der Waals surface area (Å²) < 4.78 is 0. The normalized spacial score (nSPS) is 18.0. The van der Waals surface area contributed by atoms with Gasteiger partial charge in [0.1, 0.15) is 6.54 Å². The predicted molar refractivity (Wildman–Crippen MR) is 110 cm³/mol. The van der Waals surface area contributed by atoms with Gasteiger partial charge in [-0.05, 0) is 37.5 Å². The monoisotopic (exact) mass is 405 g/mol. The van der Waals surface area contributed by atoms with Crippen molar-refractivity contribution in [3.05, 3.63) is 34.9 Å². The molecule has 0 unspecified atom stereocenters. The second kappa shape index (κ2) is 9.78. The van der Waals surface area contributed by atoms with E-state index in [1.165, 1.54) is 0 Å². The first-order chi connectivity index (χ1) is 13.6. The van der Waals surface area contributed by atoms with Crippen molar-refractivity contribution in [2.75, 3.05) is 45.8 Å². The van der Waals surface area contributed by atoms with Crippen molar-refractivity contribution >= 4 is 29.4 Å². The minimum atomic E-state index is 0.0534. The summed E-state index contributed by atoms with van der Waals surface area (Å²) in [6.07, 6.45) is 2.14. The molecule has 0 saturated carbocycles. The molecular weight excluding hydrogens is 378 g/mol. The molecule has 152 valence electrons. The number of rotatable bonds is 5. The summed E-state index contributed by atoms with van der Waals surface area (Å²) in [5.41, 5.74) is 1.06. The Morgan fingerprint density at radius 2 is 1.82 bits per heavy atom. The predicted octanol–water partition coefficient (Wildman–Crippen LogP) is 1.57. The van der Waals surface area contributed by atoms with E-state index in [4.69, 9.17) is 11.6 Å². The van der Waals surface area contributed by atoms with Crippen LogP contribution in [0.5, 0.6) is 0 Å². The van der Waals surface area contributed by atoms with Crippen molar-refractivity contribution in [1.82, 2.24) is 20.0 Å². The summed E-state index contributed by atoms with van der Waals surface area (Å²) in [6, 6.07) is 7.56. The van der Waals surface area contributed by atoms with Gasteiger partial charge in [-0.3, -0.25) is 9.59 Å². The third-order valence-electron chi connectivity index (χ3n) is 5.06. The molecule has 0 aromatic heterocycles. The number of carbonyl (C=O) groups excluding carboxylic acids is 2. The second-order valence-electron chi connectivity index (χ2n) is 7.12. The molecule has 8 heteroatoms. The van der Waals surface area contributed by atoms with Crippen LogP contribution in [0, 0.1) is 0 Å². The quantitative estimate of drug-likeness (QED) is 0.596. The molecule has 7 nitrogen and oxygen atoms in total. The van der Waals surface area contributed by atoms with E-state index in [0.717, 1.165) is 31.5 Å². The van der Waals surface area contributed by atoms with Gasteiger partial charge < -0.3 is 20.0 Å². The Hall–Kier alpha value is -2.28. The molecule has 3 rings (SSSR count). The highest BCUT2D eigenvalue weighted by molar-refractivity contribution is 6.30. The first-order valence-electron chi connectivity index (χ1n) is 9.90. The maximum Gasteiger partial charge on any atom is 0.244 e. The van der Waals surface area contributed by atoms with E-state index in [0.29, 0.717) is 37.2 Å². The molecule has 0 atom stereocenters. The van der Waals surface area contributed by atoms with Gasteiger partial charge in [0.2, 0.25) is 11.8 Å². The zero-order chi connectivity index (χ0) is 19.9. The lowest BCUT2D eigenvalue weighted by Crippen LogP contribution is -2.55. The fourth-order valence-corrected chi connectivity index (χ4v) is 3.63. The summed E-state index contributed by atoms with van der Waals surface area (Å²) in [5.74, 6) is 0.743. The minimum Gasteiger partial charge on any atom is -0.356 e. The number of hydrogen-bond donors (Lipinski definition) is 1. The van der Waals surface area contributed by atoms with Crippen LogP contribution in [0.2, 0.25) is 5.02 Å². The van der Waals surface area contributed by atoms with Crippen molar-refractivity contribution in [3.63, 3.8) is 0 Å². The van der Waals surface area contributed by atoms with Gasteiger partial charge in [0.25, 0.3) is 0 Å². The third kappa shape index (κ3) is 5.38. The highest BCUT2D eigenvalue weighted by Gasteiger charge is 2.26. The fraction of sp³-hybridized carbons (Fsp3) is 0.550. The maximum absolute atomic E-state index is 12.6. The number of guanidine groups is 1. The van der Waals surface area contributed by atoms with Gasteiger partial charge in [-0.15, -0.1) is 0 Å². The standard InChI is InChI=1S/C20H28ClN5O2/c1-2-22-20(23-13-18(27)24-9-3-4-10-24)26-12-11-25(19(28)15-26)14-16-5-7-17(21)8-6-16/h5-8H,2-4,9-15H2,1H3,(H,22,23). The van der Waals surface area contributed by atoms with E-state index in [1.807, 2.05) is 45.9 Å². The van der Waals surface area contributed by atoms with Crippen LogP contribution >= 0.6 is 11.6 Å². The van der Waals surface area contributed by atoms with Gasteiger partial charge in [-0.2, -0.15) is 0 Å². The van der Waals surface area contributed by atoms with Crippen LogP contribution in [0.15, 0.2) is 29.3 Å². The number of amides is 2. The number of likely N-dealkylation sites (tertiary alicyclic amines) is 1. The average Bonchev–Trinajstić information content (AvgIpc) is 3.23. The average molecular weight is 406 g/mol. The first-order valence-corrected chi connectivity index (χ1v) is 10.3. The van der Waals surface area contributed by atoms with E-state index in [2.05, 4.69) is 10.3 Å².